The summed E-state index contributed by atoms with van der Waals surface area (Å²) in [6.45, 7) is 2.09. The van der Waals surface area contributed by atoms with Crippen LogP contribution in [-0.4, -0.2) is 25.5 Å². The molecule has 110 valence electrons. The molecule has 2 unspecified atom stereocenters. The van der Waals surface area contributed by atoms with Crippen molar-refractivity contribution >= 4 is 31.9 Å². The Balaban J connectivity index is 2.29. The van der Waals surface area contributed by atoms with Crippen molar-refractivity contribution in [1.82, 2.24) is 4.72 Å². The minimum Gasteiger partial charge on any atom is -0.478 e. The molecule has 0 bridgehead atoms. The van der Waals surface area contributed by atoms with E-state index in [1.54, 1.807) is 0 Å². The van der Waals surface area contributed by atoms with Crippen molar-refractivity contribution < 1.29 is 18.3 Å². The van der Waals surface area contributed by atoms with Crippen molar-refractivity contribution in [3.63, 3.8) is 0 Å². The monoisotopic (exact) mass is 361 g/mol. The van der Waals surface area contributed by atoms with Gasteiger partial charge in [-0.2, -0.15) is 0 Å². The van der Waals surface area contributed by atoms with Crippen LogP contribution in [0.5, 0.6) is 0 Å². The summed E-state index contributed by atoms with van der Waals surface area (Å²) in [5.74, 6) is -0.639. The van der Waals surface area contributed by atoms with E-state index in [-0.39, 0.29) is 16.5 Å². The van der Waals surface area contributed by atoms with Crippen LogP contribution in [0.2, 0.25) is 0 Å². The second kappa shape index (κ2) is 5.83. The summed E-state index contributed by atoms with van der Waals surface area (Å²) in [4.78, 5) is 10.9. The summed E-state index contributed by atoms with van der Waals surface area (Å²) in [5.41, 5.74) is -0.0478. The highest BCUT2D eigenvalue weighted by Crippen LogP contribution is 2.28. The molecule has 0 radical (unpaired) electrons. The molecule has 1 fully saturated rings. The van der Waals surface area contributed by atoms with Gasteiger partial charge in [-0.05, 0) is 59.3 Å². The fourth-order valence-electron chi connectivity index (χ4n) is 2.44. The summed E-state index contributed by atoms with van der Waals surface area (Å²) >= 11 is 3.16. The predicted molar refractivity (Wildman–Crippen MR) is 78.2 cm³/mol. The third kappa shape index (κ3) is 3.39. The Labute approximate surface area is 126 Å². The molecule has 1 saturated carbocycles. The van der Waals surface area contributed by atoms with Gasteiger partial charge in [0.15, 0.2) is 0 Å². The smallest absolute Gasteiger partial charge is 0.335 e. The molecular weight excluding hydrogens is 346 g/mol. The van der Waals surface area contributed by atoms with Crippen LogP contribution >= 0.6 is 15.9 Å². The molecule has 1 aromatic rings. The number of carboxylic acid groups (broad SMARTS) is 1. The molecule has 7 heteroatoms. The second-order valence-electron chi connectivity index (χ2n) is 5.19. The van der Waals surface area contributed by atoms with Crippen LogP contribution in [0, 0.1) is 5.92 Å². The number of hydrogen-bond acceptors (Lipinski definition) is 3. The number of benzene rings is 1. The lowest BCUT2D eigenvalue weighted by atomic mass is 10.1. The highest BCUT2D eigenvalue weighted by atomic mass is 79.9. The van der Waals surface area contributed by atoms with Gasteiger partial charge in [-0.15, -0.1) is 0 Å². The predicted octanol–water partition coefficient (Wildman–Crippen LogP) is 2.61. The van der Waals surface area contributed by atoms with Gasteiger partial charge in [0.1, 0.15) is 0 Å². The average Bonchev–Trinajstić information content (AvgIpc) is 2.73. The third-order valence-corrected chi connectivity index (χ3v) is 6.00. The zero-order valence-corrected chi connectivity index (χ0v) is 13.4. The molecule has 2 atom stereocenters. The number of carbonyl (C=O) groups is 1. The van der Waals surface area contributed by atoms with Gasteiger partial charge < -0.3 is 5.11 Å². The maximum absolute atomic E-state index is 12.4. The van der Waals surface area contributed by atoms with Crippen molar-refractivity contribution in [2.45, 2.75) is 37.1 Å². The van der Waals surface area contributed by atoms with Crippen LogP contribution in [0.1, 0.15) is 36.5 Å². The van der Waals surface area contributed by atoms with Gasteiger partial charge in [0, 0.05) is 10.5 Å². The minimum atomic E-state index is -3.71. The van der Waals surface area contributed by atoms with Crippen molar-refractivity contribution in [3.05, 3.63) is 28.2 Å². The Morgan fingerprint density at radius 3 is 2.65 bits per heavy atom. The number of nitrogens with one attached hydrogen (secondary N) is 1. The topological polar surface area (TPSA) is 83.5 Å². The molecule has 0 saturated heterocycles. The molecular formula is C13H16BrNO4S. The SMILES string of the molecule is CC1CCC(NS(=O)(=O)c2cc(C(=O)O)ccc2Br)C1. The molecule has 0 heterocycles. The van der Waals surface area contributed by atoms with Gasteiger partial charge in [-0.3, -0.25) is 0 Å². The number of sulfonamides is 1. The van der Waals surface area contributed by atoms with E-state index < -0.39 is 16.0 Å². The van der Waals surface area contributed by atoms with Gasteiger partial charge in [-0.25, -0.2) is 17.9 Å². The number of aromatic carboxylic acids is 1. The Morgan fingerprint density at radius 1 is 1.40 bits per heavy atom. The normalized spacial score (nSPS) is 22.9. The van der Waals surface area contributed by atoms with Gasteiger partial charge in [0.05, 0.1) is 10.5 Å². The van der Waals surface area contributed by atoms with E-state index in [4.69, 9.17) is 5.11 Å². The van der Waals surface area contributed by atoms with Crippen molar-refractivity contribution in [2.75, 3.05) is 0 Å². The molecule has 0 aliphatic heterocycles. The Bertz CT molecular complexity index is 629. The standard InChI is InChI=1S/C13H16BrNO4S/c1-8-2-4-10(6-8)15-20(18,19)12-7-9(13(16)17)3-5-11(12)14/h3,5,7-8,10,15H,2,4,6H2,1H3,(H,16,17). The van der Waals surface area contributed by atoms with Gasteiger partial charge in [0.25, 0.3) is 0 Å². The van der Waals surface area contributed by atoms with E-state index in [0.717, 1.165) is 19.3 Å². The third-order valence-electron chi connectivity index (χ3n) is 3.48. The highest BCUT2D eigenvalue weighted by Gasteiger charge is 2.28. The number of rotatable bonds is 4. The lowest BCUT2D eigenvalue weighted by Crippen LogP contribution is -2.33. The summed E-state index contributed by atoms with van der Waals surface area (Å²) in [6, 6.07) is 3.90. The quantitative estimate of drug-likeness (QED) is 0.863. The molecule has 1 aliphatic carbocycles. The van der Waals surface area contributed by atoms with Crippen molar-refractivity contribution in [3.8, 4) is 0 Å². The maximum Gasteiger partial charge on any atom is 0.335 e. The van der Waals surface area contributed by atoms with Crippen LogP contribution < -0.4 is 4.72 Å². The van der Waals surface area contributed by atoms with Crippen LogP contribution in [0.15, 0.2) is 27.6 Å². The van der Waals surface area contributed by atoms with E-state index in [2.05, 4.69) is 27.6 Å². The maximum atomic E-state index is 12.4. The first-order valence-electron chi connectivity index (χ1n) is 6.35. The van der Waals surface area contributed by atoms with Crippen LogP contribution in [0.4, 0.5) is 0 Å². The molecule has 5 nitrogen and oxygen atoms in total. The molecule has 2 N–H and O–H groups in total. The minimum absolute atomic E-state index is 0.0306. The number of halogens is 1. The van der Waals surface area contributed by atoms with E-state index in [1.807, 2.05) is 0 Å². The average molecular weight is 362 g/mol. The molecule has 1 aromatic carbocycles. The first-order valence-corrected chi connectivity index (χ1v) is 8.62. The van der Waals surface area contributed by atoms with E-state index >= 15 is 0 Å². The number of carboxylic acids is 1. The molecule has 20 heavy (non-hydrogen) atoms. The number of hydrogen-bond donors (Lipinski definition) is 2. The fraction of sp³-hybridized carbons (Fsp3) is 0.462. The molecule has 0 amide bonds. The lowest BCUT2D eigenvalue weighted by Gasteiger charge is -2.14. The summed E-state index contributed by atoms with van der Waals surface area (Å²) in [6.07, 6.45) is 2.63. The zero-order valence-electron chi connectivity index (χ0n) is 11.0. The van der Waals surface area contributed by atoms with Crippen molar-refractivity contribution in [2.24, 2.45) is 5.92 Å². The van der Waals surface area contributed by atoms with E-state index in [9.17, 15) is 13.2 Å². The first-order chi connectivity index (χ1) is 9.29. The second-order valence-corrected chi connectivity index (χ2v) is 7.72. The van der Waals surface area contributed by atoms with Crippen LogP contribution in [0.3, 0.4) is 0 Å². The van der Waals surface area contributed by atoms with Gasteiger partial charge >= 0.3 is 5.97 Å². The highest BCUT2D eigenvalue weighted by molar-refractivity contribution is 9.10. The molecule has 0 aromatic heterocycles. The zero-order chi connectivity index (χ0) is 14.9. The van der Waals surface area contributed by atoms with E-state index in [1.165, 1.54) is 18.2 Å². The summed E-state index contributed by atoms with van der Waals surface area (Å²) < 4.78 is 27.7. The molecule has 2 rings (SSSR count). The summed E-state index contributed by atoms with van der Waals surface area (Å²) in [5, 5.41) is 8.95. The van der Waals surface area contributed by atoms with Gasteiger partial charge in [-0.1, -0.05) is 6.92 Å². The van der Waals surface area contributed by atoms with Crippen LogP contribution in [-0.2, 0) is 10.0 Å². The van der Waals surface area contributed by atoms with Gasteiger partial charge in [0.2, 0.25) is 10.0 Å². The largest absolute Gasteiger partial charge is 0.478 e. The molecule has 1 aliphatic rings. The lowest BCUT2D eigenvalue weighted by molar-refractivity contribution is 0.0696. The first kappa shape index (κ1) is 15.5. The Hall–Kier alpha value is -0.920. The Kier molecular flexibility index (Phi) is 4.51. The van der Waals surface area contributed by atoms with Crippen LogP contribution in [0.25, 0.3) is 0 Å². The van der Waals surface area contributed by atoms with Crippen molar-refractivity contribution in [1.29, 1.82) is 0 Å². The molecule has 0 spiro atoms. The fourth-order valence-corrected chi connectivity index (χ4v) is 4.71. The summed E-state index contributed by atoms with van der Waals surface area (Å²) in [7, 11) is -3.71. The Morgan fingerprint density at radius 2 is 2.10 bits per heavy atom. The van der Waals surface area contributed by atoms with E-state index in [0.29, 0.717) is 10.4 Å².